The largest absolute Gasteiger partial charge is 0.396 e. The molecule has 0 aromatic carbocycles. The molecule has 0 aromatic rings. The number of carbonyl (C=O) groups excluding carboxylic acids is 1. The van der Waals surface area contributed by atoms with Crippen LogP contribution < -0.4 is 0 Å². The van der Waals surface area contributed by atoms with Gasteiger partial charge in [-0.15, -0.1) is 0 Å². The number of aliphatic hydroxyl groups excluding tert-OH is 1. The quantitative estimate of drug-likeness (QED) is 0.762. The minimum Gasteiger partial charge on any atom is -0.396 e. The van der Waals surface area contributed by atoms with Crippen LogP contribution in [-0.2, 0) is 9.53 Å². The first kappa shape index (κ1) is 14.8. The molecule has 1 amide bonds. The zero-order valence-electron chi connectivity index (χ0n) is 11.7. The molecule has 0 spiro atoms. The summed E-state index contributed by atoms with van der Waals surface area (Å²) in [5, 5.41) is 8.91. The molecule has 0 bridgehead atoms. The molecule has 0 radical (unpaired) electrons. The van der Waals surface area contributed by atoms with Gasteiger partial charge in [-0.25, -0.2) is 0 Å². The third kappa shape index (κ3) is 4.44. The fourth-order valence-electron chi connectivity index (χ4n) is 3.05. The lowest BCUT2D eigenvalue weighted by Gasteiger charge is -2.29. The number of carbonyl (C=O) groups is 1. The highest BCUT2D eigenvalue weighted by atomic mass is 16.5. The second-order valence-electron chi connectivity index (χ2n) is 5.44. The van der Waals surface area contributed by atoms with Crippen LogP contribution in [0.1, 0.15) is 32.1 Å². The summed E-state index contributed by atoms with van der Waals surface area (Å²) in [6, 6.07) is 0.574. The zero-order chi connectivity index (χ0) is 13.5. The minimum absolute atomic E-state index is 0.260. The molecule has 0 saturated carbocycles. The number of amides is 1. The van der Waals surface area contributed by atoms with Gasteiger partial charge in [0.15, 0.2) is 0 Å². The molecule has 2 aliphatic heterocycles. The van der Waals surface area contributed by atoms with E-state index in [0.29, 0.717) is 25.7 Å². The number of aliphatic hydroxyl groups is 1. The van der Waals surface area contributed by atoms with Gasteiger partial charge in [0, 0.05) is 38.7 Å². The summed E-state index contributed by atoms with van der Waals surface area (Å²) in [7, 11) is 0. The lowest BCUT2D eigenvalue weighted by Crippen LogP contribution is -2.42. The Kier molecular flexibility index (Phi) is 6.07. The van der Waals surface area contributed by atoms with E-state index in [9.17, 15) is 4.79 Å². The van der Waals surface area contributed by atoms with Gasteiger partial charge in [-0.1, -0.05) is 0 Å². The second kappa shape index (κ2) is 7.82. The standard InChI is InChI=1S/C14H26N2O3/c17-10-2-4-13-3-1-6-15(13)7-5-14(18)16-8-11-19-12-9-16/h13,17H,1-12H2. The second-order valence-corrected chi connectivity index (χ2v) is 5.44. The number of nitrogens with zero attached hydrogens (tertiary/aromatic N) is 2. The molecule has 1 unspecified atom stereocenters. The summed E-state index contributed by atoms with van der Waals surface area (Å²) in [6.07, 6.45) is 4.99. The number of hydrogen-bond acceptors (Lipinski definition) is 4. The molecule has 2 rings (SSSR count). The lowest BCUT2D eigenvalue weighted by molar-refractivity contribution is -0.135. The number of morpholine rings is 1. The predicted molar refractivity (Wildman–Crippen MR) is 72.9 cm³/mol. The average Bonchev–Trinajstić information content (AvgIpc) is 2.91. The molecule has 110 valence electrons. The topological polar surface area (TPSA) is 53.0 Å². The number of likely N-dealkylation sites (tertiary alicyclic amines) is 1. The average molecular weight is 270 g/mol. The first-order valence-electron chi connectivity index (χ1n) is 7.51. The van der Waals surface area contributed by atoms with Crippen LogP contribution in [0.4, 0.5) is 0 Å². The Labute approximate surface area is 115 Å². The number of rotatable bonds is 6. The minimum atomic E-state index is 0.260. The summed E-state index contributed by atoms with van der Waals surface area (Å²) in [5.41, 5.74) is 0. The van der Waals surface area contributed by atoms with Crippen molar-refractivity contribution >= 4 is 5.91 Å². The van der Waals surface area contributed by atoms with Crippen molar-refractivity contribution in [3.05, 3.63) is 0 Å². The molecule has 19 heavy (non-hydrogen) atoms. The van der Waals surface area contributed by atoms with Gasteiger partial charge in [-0.2, -0.15) is 0 Å². The van der Waals surface area contributed by atoms with E-state index in [2.05, 4.69) is 4.90 Å². The highest BCUT2D eigenvalue weighted by molar-refractivity contribution is 5.76. The van der Waals surface area contributed by atoms with Crippen LogP contribution in [0, 0.1) is 0 Å². The summed E-state index contributed by atoms with van der Waals surface area (Å²) in [6.45, 7) is 5.08. The van der Waals surface area contributed by atoms with Crippen molar-refractivity contribution in [2.75, 3.05) is 46.0 Å². The summed E-state index contributed by atoms with van der Waals surface area (Å²) < 4.78 is 5.26. The normalized spacial score (nSPS) is 24.9. The fourth-order valence-corrected chi connectivity index (χ4v) is 3.05. The third-order valence-electron chi connectivity index (χ3n) is 4.17. The number of hydrogen-bond donors (Lipinski definition) is 1. The van der Waals surface area contributed by atoms with Crippen LogP contribution in [0.25, 0.3) is 0 Å². The van der Waals surface area contributed by atoms with Gasteiger partial charge in [0.2, 0.25) is 5.91 Å². The van der Waals surface area contributed by atoms with Crippen molar-refractivity contribution in [2.45, 2.75) is 38.1 Å². The molecular weight excluding hydrogens is 244 g/mol. The Morgan fingerprint density at radius 3 is 2.79 bits per heavy atom. The smallest absolute Gasteiger partial charge is 0.224 e. The molecule has 2 heterocycles. The van der Waals surface area contributed by atoms with Crippen LogP contribution in [0.15, 0.2) is 0 Å². The molecule has 1 N–H and O–H groups in total. The van der Waals surface area contributed by atoms with E-state index in [1.165, 1.54) is 12.8 Å². The van der Waals surface area contributed by atoms with Gasteiger partial charge in [-0.3, -0.25) is 9.69 Å². The van der Waals surface area contributed by atoms with E-state index < -0.39 is 0 Å². The Morgan fingerprint density at radius 1 is 1.26 bits per heavy atom. The zero-order valence-corrected chi connectivity index (χ0v) is 11.7. The number of ether oxygens (including phenoxy) is 1. The van der Waals surface area contributed by atoms with E-state index in [4.69, 9.17) is 9.84 Å². The van der Waals surface area contributed by atoms with Crippen molar-refractivity contribution in [1.82, 2.24) is 9.80 Å². The molecule has 1 atom stereocenters. The van der Waals surface area contributed by atoms with Crippen molar-refractivity contribution in [1.29, 1.82) is 0 Å². The first-order valence-corrected chi connectivity index (χ1v) is 7.51. The fraction of sp³-hybridized carbons (Fsp3) is 0.929. The van der Waals surface area contributed by atoms with Crippen molar-refractivity contribution in [2.24, 2.45) is 0 Å². The highest BCUT2D eigenvalue weighted by Crippen LogP contribution is 2.21. The van der Waals surface area contributed by atoms with Gasteiger partial charge >= 0.3 is 0 Å². The van der Waals surface area contributed by atoms with Gasteiger partial charge in [0.1, 0.15) is 0 Å². The maximum atomic E-state index is 12.1. The lowest BCUT2D eigenvalue weighted by atomic mass is 10.1. The Balaban J connectivity index is 1.69. The van der Waals surface area contributed by atoms with Gasteiger partial charge in [0.25, 0.3) is 0 Å². The van der Waals surface area contributed by atoms with E-state index >= 15 is 0 Å². The SMILES string of the molecule is O=C(CCN1CCCC1CCCO)N1CCOCC1. The summed E-state index contributed by atoms with van der Waals surface area (Å²) >= 11 is 0. The molecule has 0 aliphatic carbocycles. The van der Waals surface area contributed by atoms with Crippen LogP contribution in [-0.4, -0.2) is 72.9 Å². The van der Waals surface area contributed by atoms with Crippen molar-refractivity contribution in [3.8, 4) is 0 Å². The Hall–Kier alpha value is -0.650. The summed E-state index contributed by atoms with van der Waals surface area (Å²) in [5.74, 6) is 0.260. The van der Waals surface area contributed by atoms with Gasteiger partial charge in [0.05, 0.1) is 13.2 Å². The maximum absolute atomic E-state index is 12.1. The maximum Gasteiger partial charge on any atom is 0.224 e. The molecule has 0 aromatic heterocycles. The van der Waals surface area contributed by atoms with E-state index in [0.717, 1.165) is 39.0 Å². The monoisotopic (exact) mass is 270 g/mol. The summed E-state index contributed by atoms with van der Waals surface area (Å²) in [4.78, 5) is 16.4. The van der Waals surface area contributed by atoms with Gasteiger partial charge in [-0.05, 0) is 32.2 Å². The predicted octanol–water partition coefficient (Wildman–Crippen LogP) is 0.472. The Morgan fingerprint density at radius 2 is 2.05 bits per heavy atom. The van der Waals surface area contributed by atoms with E-state index in [1.807, 2.05) is 4.90 Å². The van der Waals surface area contributed by atoms with Crippen LogP contribution >= 0.6 is 0 Å². The van der Waals surface area contributed by atoms with Gasteiger partial charge < -0.3 is 14.7 Å². The molecule has 2 aliphatic rings. The van der Waals surface area contributed by atoms with E-state index in [-0.39, 0.29) is 12.5 Å². The highest BCUT2D eigenvalue weighted by Gasteiger charge is 2.25. The Bertz CT molecular complexity index is 280. The van der Waals surface area contributed by atoms with Crippen LogP contribution in [0.5, 0.6) is 0 Å². The molecule has 5 nitrogen and oxygen atoms in total. The van der Waals surface area contributed by atoms with Crippen LogP contribution in [0.2, 0.25) is 0 Å². The molecular formula is C14H26N2O3. The first-order chi connectivity index (χ1) is 9.31. The molecule has 5 heteroatoms. The third-order valence-corrected chi connectivity index (χ3v) is 4.17. The van der Waals surface area contributed by atoms with Crippen molar-refractivity contribution in [3.63, 3.8) is 0 Å². The van der Waals surface area contributed by atoms with Crippen LogP contribution in [0.3, 0.4) is 0 Å². The molecule has 2 saturated heterocycles. The van der Waals surface area contributed by atoms with Crippen molar-refractivity contribution < 1.29 is 14.6 Å². The molecule has 2 fully saturated rings. The van der Waals surface area contributed by atoms with E-state index in [1.54, 1.807) is 0 Å².